The number of hydrogen-bond donors (Lipinski definition) is 3. The van der Waals surface area contributed by atoms with Crippen LogP contribution >= 0.6 is 0 Å². The molecule has 0 bridgehead atoms. The van der Waals surface area contributed by atoms with Gasteiger partial charge in [-0.05, 0) is 42.2 Å². The van der Waals surface area contributed by atoms with E-state index in [-0.39, 0.29) is 18.7 Å². The van der Waals surface area contributed by atoms with Crippen molar-refractivity contribution in [2.24, 2.45) is 0 Å². The summed E-state index contributed by atoms with van der Waals surface area (Å²) in [6.07, 6.45) is 3.72. The van der Waals surface area contributed by atoms with E-state index >= 15 is 0 Å². The van der Waals surface area contributed by atoms with Gasteiger partial charge in [0.25, 0.3) is 0 Å². The third-order valence-corrected chi connectivity index (χ3v) is 4.76. The molecule has 0 fully saturated rings. The minimum Gasteiger partial charge on any atom is -0.497 e. The van der Waals surface area contributed by atoms with E-state index in [0.29, 0.717) is 6.42 Å². The molecule has 146 valence electrons. The number of para-hydroxylation sites is 1. The number of ether oxygens (including phenoxy) is 1. The molecule has 0 spiro atoms. The fourth-order valence-corrected chi connectivity index (χ4v) is 3.23. The molecule has 0 aliphatic rings. The van der Waals surface area contributed by atoms with Gasteiger partial charge >= 0.3 is 5.97 Å². The van der Waals surface area contributed by atoms with Crippen LogP contribution in [-0.4, -0.2) is 35.1 Å². The molecule has 1 heterocycles. The molecule has 0 saturated heterocycles. The normalized spacial score (nSPS) is 11.9. The molecular formula is C22H24N2O4. The molecule has 0 aliphatic carbocycles. The minimum absolute atomic E-state index is 0.240. The van der Waals surface area contributed by atoms with Gasteiger partial charge in [0.05, 0.1) is 7.11 Å². The first-order valence-electron chi connectivity index (χ1n) is 9.27. The second kappa shape index (κ2) is 9.08. The van der Waals surface area contributed by atoms with Crippen LogP contribution in [0.15, 0.2) is 54.7 Å². The maximum Gasteiger partial charge on any atom is 0.326 e. The fraction of sp³-hybridized carbons (Fsp3) is 0.273. The Kier molecular flexibility index (Phi) is 6.32. The fourth-order valence-electron chi connectivity index (χ4n) is 3.23. The molecule has 1 atom stereocenters. The van der Waals surface area contributed by atoms with Crippen LogP contribution in [0.2, 0.25) is 0 Å². The minimum atomic E-state index is -1.03. The molecule has 3 rings (SSSR count). The molecule has 1 amide bonds. The van der Waals surface area contributed by atoms with E-state index in [1.54, 1.807) is 13.3 Å². The van der Waals surface area contributed by atoms with E-state index in [0.717, 1.165) is 34.2 Å². The van der Waals surface area contributed by atoms with Crippen molar-refractivity contribution in [1.82, 2.24) is 10.3 Å². The first-order chi connectivity index (χ1) is 13.6. The number of rotatable bonds is 9. The lowest BCUT2D eigenvalue weighted by molar-refractivity contribution is -0.141. The van der Waals surface area contributed by atoms with E-state index in [1.807, 2.05) is 48.5 Å². The van der Waals surface area contributed by atoms with Crippen molar-refractivity contribution in [2.75, 3.05) is 7.11 Å². The number of hydrogen-bond acceptors (Lipinski definition) is 3. The molecule has 6 heteroatoms. The van der Waals surface area contributed by atoms with Gasteiger partial charge in [-0.2, -0.15) is 0 Å². The van der Waals surface area contributed by atoms with Gasteiger partial charge in [-0.3, -0.25) is 4.79 Å². The third-order valence-electron chi connectivity index (χ3n) is 4.76. The molecule has 28 heavy (non-hydrogen) atoms. The van der Waals surface area contributed by atoms with Gasteiger partial charge in [-0.15, -0.1) is 0 Å². The van der Waals surface area contributed by atoms with Crippen molar-refractivity contribution >= 4 is 22.8 Å². The number of aromatic amines is 1. The topological polar surface area (TPSA) is 91.4 Å². The van der Waals surface area contributed by atoms with Crippen molar-refractivity contribution in [3.05, 3.63) is 65.9 Å². The van der Waals surface area contributed by atoms with E-state index < -0.39 is 12.0 Å². The third kappa shape index (κ3) is 4.91. The molecule has 1 aromatic heterocycles. The first-order valence-corrected chi connectivity index (χ1v) is 9.27. The number of carboxylic acids is 1. The molecular weight excluding hydrogens is 356 g/mol. The Morgan fingerprint density at radius 1 is 1.14 bits per heavy atom. The number of benzene rings is 2. The smallest absolute Gasteiger partial charge is 0.326 e. The molecule has 3 aromatic rings. The average Bonchev–Trinajstić information content (AvgIpc) is 3.11. The Labute approximate surface area is 163 Å². The van der Waals surface area contributed by atoms with Crippen LogP contribution in [0.25, 0.3) is 10.9 Å². The second-order valence-corrected chi connectivity index (χ2v) is 6.72. The largest absolute Gasteiger partial charge is 0.497 e. The number of H-pyrrole nitrogens is 1. The lowest BCUT2D eigenvalue weighted by Gasteiger charge is -2.14. The van der Waals surface area contributed by atoms with Crippen LogP contribution in [0.1, 0.15) is 24.0 Å². The predicted molar refractivity (Wildman–Crippen MR) is 108 cm³/mol. The summed E-state index contributed by atoms with van der Waals surface area (Å²) in [5.41, 5.74) is 2.94. The SMILES string of the molecule is COc1ccc(CCCC(=O)NC(Cc2c[nH]c3ccccc23)C(=O)O)cc1. The summed E-state index contributed by atoms with van der Waals surface area (Å²) < 4.78 is 5.13. The summed E-state index contributed by atoms with van der Waals surface area (Å²) in [6.45, 7) is 0. The van der Waals surface area contributed by atoms with E-state index in [2.05, 4.69) is 10.3 Å². The number of aliphatic carboxylic acids is 1. The standard InChI is InChI=1S/C22H24N2O4/c1-28-17-11-9-15(10-12-17)5-4-8-21(25)24-20(22(26)27)13-16-14-23-19-7-3-2-6-18(16)19/h2-3,6-7,9-12,14,20,23H,4-5,8,13H2,1H3,(H,24,25)(H,26,27). The van der Waals surface area contributed by atoms with E-state index in [1.165, 1.54) is 0 Å². The Morgan fingerprint density at radius 3 is 2.61 bits per heavy atom. The maximum absolute atomic E-state index is 12.2. The van der Waals surface area contributed by atoms with Crippen LogP contribution in [-0.2, 0) is 22.4 Å². The molecule has 2 aromatic carbocycles. The molecule has 0 aliphatic heterocycles. The lowest BCUT2D eigenvalue weighted by atomic mass is 10.0. The first kappa shape index (κ1) is 19.5. The number of aromatic nitrogens is 1. The zero-order valence-corrected chi connectivity index (χ0v) is 15.8. The highest BCUT2D eigenvalue weighted by atomic mass is 16.5. The Hall–Kier alpha value is -3.28. The van der Waals surface area contributed by atoms with E-state index in [9.17, 15) is 14.7 Å². The average molecular weight is 380 g/mol. The molecule has 6 nitrogen and oxygen atoms in total. The molecule has 0 radical (unpaired) electrons. The van der Waals surface area contributed by atoms with Crippen LogP contribution < -0.4 is 10.1 Å². The second-order valence-electron chi connectivity index (χ2n) is 6.72. The zero-order chi connectivity index (χ0) is 19.9. The van der Waals surface area contributed by atoms with Crippen molar-refractivity contribution in [2.45, 2.75) is 31.7 Å². The summed E-state index contributed by atoms with van der Waals surface area (Å²) in [5, 5.41) is 13.1. The molecule has 0 saturated carbocycles. The molecule has 1 unspecified atom stereocenters. The van der Waals surface area contributed by atoms with Crippen LogP contribution in [0.3, 0.4) is 0 Å². The highest BCUT2D eigenvalue weighted by molar-refractivity contribution is 5.86. The Morgan fingerprint density at radius 2 is 1.89 bits per heavy atom. The van der Waals surface area contributed by atoms with Gasteiger partial charge < -0.3 is 20.1 Å². The lowest BCUT2D eigenvalue weighted by Crippen LogP contribution is -2.42. The van der Waals surface area contributed by atoms with Crippen LogP contribution in [0.5, 0.6) is 5.75 Å². The Bertz CT molecular complexity index is 947. The van der Waals surface area contributed by atoms with Crippen molar-refractivity contribution in [3.8, 4) is 5.75 Å². The maximum atomic E-state index is 12.2. The van der Waals surface area contributed by atoms with Gasteiger partial charge in [0.2, 0.25) is 5.91 Å². The van der Waals surface area contributed by atoms with Crippen molar-refractivity contribution in [1.29, 1.82) is 0 Å². The van der Waals surface area contributed by atoms with Crippen LogP contribution in [0, 0.1) is 0 Å². The summed E-state index contributed by atoms with van der Waals surface area (Å²) in [6, 6.07) is 14.5. The quantitative estimate of drug-likeness (QED) is 0.531. The number of amides is 1. The number of methoxy groups -OCH3 is 1. The van der Waals surface area contributed by atoms with Crippen molar-refractivity contribution < 1.29 is 19.4 Å². The summed E-state index contributed by atoms with van der Waals surface area (Å²) in [5.74, 6) is -0.488. The number of carboxylic acid groups (broad SMARTS) is 1. The van der Waals surface area contributed by atoms with Crippen LogP contribution in [0.4, 0.5) is 0 Å². The molecule has 3 N–H and O–H groups in total. The number of nitrogens with one attached hydrogen (secondary N) is 2. The zero-order valence-electron chi connectivity index (χ0n) is 15.8. The number of carbonyl (C=O) groups excluding carboxylic acids is 1. The monoisotopic (exact) mass is 380 g/mol. The van der Waals surface area contributed by atoms with Gasteiger partial charge in [-0.25, -0.2) is 4.79 Å². The van der Waals surface area contributed by atoms with Gasteiger partial charge in [0.15, 0.2) is 0 Å². The number of aryl methyl sites for hydroxylation is 1. The van der Waals surface area contributed by atoms with Gasteiger partial charge in [0, 0.05) is 29.9 Å². The number of fused-ring (bicyclic) bond motifs is 1. The number of carbonyl (C=O) groups is 2. The highest BCUT2D eigenvalue weighted by Gasteiger charge is 2.21. The predicted octanol–water partition coefficient (Wildman–Crippen LogP) is 3.31. The Balaban J connectivity index is 1.53. The van der Waals surface area contributed by atoms with Gasteiger partial charge in [-0.1, -0.05) is 30.3 Å². The summed E-state index contributed by atoms with van der Waals surface area (Å²) >= 11 is 0. The van der Waals surface area contributed by atoms with E-state index in [4.69, 9.17) is 4.74 Å². The summed E-state index contributed by atoms with van der Waals surface area (Å²) in [7, 11) is 1.62. The summed E-state index contributed by atoms with van der Waals surface area (Å²) in [4.78, 5) is 27.0. The van der Waals surface area contributed by atoms with Gasteiger partial charge in [0.1, 0.15) is 11.8 Å². The highest BCUT2D eigenvalue weighted by Crippen LogP contribution is 2.19. The van der Waals surface area contributed by atoms with Crippen molar-refractivity contribution in [3.63, 3.8) is 0 Å².